The minimum absolute atomic E-state index is 0.389. The van der Waals surface area contributed by atoms with Gasteiger partial charge in [-0.05, 0) is 49.0 Å². The number of hydrogen-bond donors (Lipinski definition) is 1. The molecule has 0 amide bonds. The first kappa shape index (κ1) is 12.7. The average molecular weight is 272 g/mol. The Morgan fingerprint density at radius 2 is 2.11 bits per heavy atom. The second kappa shape index (κ2) is 5.35. The predicted molar refractivity (Wildman–Crippen MR) is 83.0 cm³/mol. The largest absolute Gasteiger partial charge is 0.367 e. The molecule has 19 heavy (non-hydrogen) atoms. The van der Waals surface area contributed by atoms with Gasteiger partial charge in [0.15, 0.2) is 0 Å². The van der Waals surface area contributed by atoms with Crippen molar-refractivity contribution < 1.29 is 0 Å². The third kappa shape index (κ3) is 2.40. The van der Waals surface area contributed by atoms with Crippen LogP contribution in [0.5, 0.6) is 0 Å². The molecule has 2 nitrogen and oxygen atoms in total. The molecule has 2 heterocycles. The summed E-state index contributed by atoms with van der Waals surface area (Å²) in [5.41, 5.74) is 4.27. The summed E-state index contributed by atoms with van der Waals surface area (Å²) in [5, 5.41) is 5.57. The summed E-state index contributed by atoms with van der Waals surface area (Å²) < 4.78 is 0. The van der Waals surface area contributed by atoms with E-state index in [-0.39, 0.29) is 0 Å². The van der Waals surface area contributed by atoms with E-state index in [0.29, 0.717) is 6.04 Å². The lowest BCUT2D eigenvalue weighted by atomic mass is 10.0. The van der Waals surface area contributed by atoms with Crippen LogP contribution in [0.25, 0.3) is 0 Å². The van der Waals surface area contributed by atoms with Crippen molar-refractivity contribution in [1.82, 2.24) is 5.32 Å². The summed E-state index contributed by atoms with van der Waals surface area (Å²) in [6.07, 6.45) is 1.18. The highest BCUT2D eigenvalue weighted by Crippen LogP contribution is 2.32. The smallest absolute Gasteiger partial charge is 0.0440 e. The average Bonchev–Trinajstić information content (AvgIpc) is 2.93. The van der Waals surface area contributed by atoms with Crippen molar-refractivity contribution in [2.45, 2.75) is 25.9 Å². The summed E-state index contributed by atoms with van der Waals surface area (Å²) in [4.78, 5) is 4.08. The van der Waals surface area contributed by atoms with E-state index >= 15 is 0 Å². The van der Waals surface area contributed by atoms with Gasteiger partial charge in [0.25, 0.3) is 0 Å². The molecule has 3 heteroatoms. The standard InChI is InChI=1S/C16H20N2S/c1-12(17-2)14-5-3-4-6-15(14)18-9-7-16-13(11-18)8-10-19-16/h3-6,8,10,12,17H,7,9,11H2,1-2H3. The quantitative estimate of drug-likeness (QED) is 0.918. The fourth-order valence-electron chi connectivity index (χ4n) is 2.75. The second-order valence-electron chi connectivity index (χ2n) is 5.11. The molecule has 1 aliphatic rings. The fourth-order valence-corrected chi connectivity index (χ4v) is 3.64. The first-order valence-electron chi connectivity index (χ1n) is 6.86. The zero-order valence-corrected chi connectivity index (χ0v) is 12.3. The number of anilines is 1. The van der Waals surface area contributed by atoms with Gasteiger partial charge in [-0.25, -0.2) is 0 Å². The molecule has 2 aromatic rings. The molecular weight excluding hydrogens is 252 g/mol. The van der Waals surface area contributed by atoms with E-state index in [1.54, 1.807) is 4.88 Å². The van der Waals surface area contributed by atoms with Crippen LogP contribution in [0.1, 0.15) is 29.0 Å². The Morgan fingerprint density at radius 1 is 1.26 bits per heavy atom. The molecule has 0 saturated carbocycles. The second-order valence-corrected chi connectivity index (χ2v) is 6.11. The number of rotatable bonds is 3. The van der Waals surface area contributed by atoms with Gasteiger partial charge >= 0.3 is 0 Å². The highest BCUT2D eigenvalue weighted by molar-refractivity contribution is 7.10. The van der Waals surface area contributed by atoms with Crippen molar-refractivity contribution in [2.75, 3.05) is 18.5 Å². The van der Waals surface area contributed by atoms with E-state index in [1.807, 2.05) is 18.4 Å². The maximum atomic E-state index is 3.35. The molecule has 3 rings (SSSR count). The molecule has 0 fully saturated rings. The molecule has 0 radical (unpaired) electrons. The van der Waals surface area contributed by atoms with Crippen LogP contribution in [0.3, 0.4) is 0 Å². The summed E-state index contributed by atoms with van der Waals surface area (Å²) >= 11 is 1.90. The van der Waals surface area contributed by atoms with E-state index in [9.17, 15) is 0 Å². The topological polar surface area (TPSA) is 15.3 Å². The summed E-state index contributed by atoms with van der Waals surface area (Å²) in [6.45, 7) is 4.39. The Morgan fingerprint density at radius 3 is 2.95 bits per heavy atom. The summed E-state index contributed by atoms with van der Waals surface area (Å²) in [6, 6.07) is 11.4. The lowest BCUT2D eigenvalue weighted by molar-refractivity contribution is 0.643. The van der Waals surface area contributed by atoms with Gasteiger partial charge in [0.05, 0.1) is 0 Å². The van der Waals surface area contributed by atoms with E-state index in [4.69, 9.17) is 0 Å². The molecule has 1 atom stereocenters. The van der Waals surface area contributed by atoms with E-state index in [0.717, 1.165) is 13.1 Å². The van der Waals surface area contributed by atoms with Crippen LogP contribution in [0, 0.1) is 0 Å². The minimum Gasteiger partial charge on any atom is -0.367 e. The van der Waals surface area contributed by atoms with E-state index in [2.05, 4.69) is 52.9 Å². The molecular formula is C16H20N2S. The lowest BCUT2D eigenvalue weighted by Crippen LogP contribution is -2.31. The van der Waals surface area contributed by atoms with Gasteiger partial charge in [-0.2, -0.15) is 0 Å². The number of nitrogens with zero attached hydrogens (tertiary/aromatic N) is 1. The van der Waals surface area contributed by atoms with Crippen LogP contribution < -0.4 is 10.2 Å². The minimum atomic E-state index is 0.389. The normalized spacial score (nSPS) is 16.2. The van der Waals surface area contributed by atoms with Crippen molar-refractivity contribution in [2.24, 2.45) is 0 Å². The van der Waals surface area contributed by atoms with Crippen molar-refractivity contribution in [1.29, 1.82) is 0 Å². The van der Waals surface area contributed by atoms with Gasteiger partial charge < -0.3 is 10.2 Å². The highest BCUT2D eigenvalue weighted by Gasteiger charge is 2.20. The monoisotopic (exact) mass is 272 g/mol. The van der Waals surface area contributed by atoms with Gasteiger partial charge in [-0.3, -0.25) is 0 Å². The van der Waals surface area contributed by atoms with Gasteiger partial charge in [0.2, 0.25) is 0 Å². The van der Waals surface area contributed by atoms with Crippen LogP contribution in [-0.4, -0.2) is 13.6 Å². The van der Waals surface area contributed by atoms with Gasteiger partial charge in [-0.1, -0.05) is 18.2 Å². The third-order valence-corrected chi connectivity index (χ3v) is 5.01. The van der Waals surface area contributed by atoms with Gasteiger partial charge in [-0.15, -0.1) is 11.3 Å². The number of hydrogen-bond acceptors (Lipinski definition) is 3. The SMILES string of the molecule is CNC(C)c1ccccc1N1CCc2sccc2C1. The van der Waals surface area contributed by atoms with Crippen LogP contribution in [0.2, 0.25) is 0 Å². The molecule has 1 aromatic heterocycles. The summed E-state index contributed by atoms with van der Waals surface area (Å²) in [5.74, 6) is 0. The van der Waals surface area contributed by atoms with Crippen molar-refractivity contribution in [3.05, 3.63) is 51.7 Å². The molecule has 0 spiro atoms. The molecule has 0 saturated heterocycles. The Balaban J connectivity index is 1.91. The highest BCUT2D eigenvalue weighted by atomic mass is 32.1. The van der Waals surface area contributed by atoms with Crippen LogP contribution >= 0.6 is 11.3 Å². The van der Waals surface area contributed by atoms with Crippen molar-refractivity contribution >= 4 is 17.0 Å². The number of benzene rings is 1. The number of nitrogens with one attached hydrogen (secondary N) is 1. The first-order valence-corrected chi connectivity index (χ1v) is 7.74. The zero-order chi connectivity index (χ0) is 13.2. The third-order valence-electron chi connectivity index (χ3n) is 3.98. The maximum absolute atomic E-state index is 3.35. The molecule has 1 N–H and O–H groups in total. The van der Waals surface area contributed by atoms with E-state index in [1.165, 1.54) is 23.2 Å². The van der Waals surface area contributed by atoms with Crippen molar-refractivity contribution in [3.63, 3.8) is 0 Å². The van der Waals surface area contributed by atoms with E-state index < -0.39 is 0 Å². The Kier molecular flexibility index (Phi) is 3.58. The van der Waals surface area contributed by atoms with Crippen LogP contribution in [0.4, 0.5) is 5.69 Å². The lowest BCUT2D eigenvalue weighted by Gasteiger charge is -2.32. The molecule has 1 aliphatic heterocycles. The first-order chi connectivity index (χ1) is 9.29. The maximum Gasteiger partial charge on any atom is 0.0440 e. The Hall–Kier alpha value is -1.32. The van der Waals surface area contributed by atoms with Crippen LogP contribution in [0.15, 0.2) is 35.7 Å². The number of fused-ring (bicyclic) bond motifs is 1. The Bertz CT molecular complexity index is 561. The van der Waals surface area contributed by atoms with Gasteiger partial charge in [0, 0.05) is 29.7 Å². The van der Waals surface area contributed by atoms with Crippen molar-refractivity contribution in [3.8, 4) is 0 Å². The molecule has 1 aromatic carbocycles. The summed E-state index contributed by atoms with van der Waals surface area (Å²) in [7, 11) is 2.02. The molecule has 0 aliphatic carbocycles. The fraction of sp³-hybridized carbons (Fsp3) is 0.375. The molecule has 1 unspecified atom stereocenters. The van der Waals surface area contributed by atoms with Crippen LogP contribution in [-0.2, 0) is 13.0 Å². The number of para-hydroxylation sites is 1. The van der Waals surface area contributed by atoms with Gasteiger partial charge in [0.1, 0.15) is 0 Å². The number of thiophene rings is 1. The molecule has 0 bridgehead atoms. The Labute approximate surface area is 119 Å². The zero-order valence-electron chi connectivity index (χ0n) is 11.5. The predicted octanol–water partition coefficient (Wildman–Crippen LogP) is 3.59. The molecule has 100 valence electrons.